The van der Waals surface area contributed by atoms with Gasteiger partial charge in [-0.25, -0.2) is 0 Å². The summed E-state index contributed by atoms with van der Waals surface area (Å²) in [7, 11) is 0. The number of nitrogens with one attached hydrogen (secondary N) is 3. The van der Waals surface area contributed by atoms with Gasteiger partial charge in [0.25, 0.3) is 5.91 Å². The lowest BCUT2D eigenvalue weighted by atomic mass is 10.1. The van der Waals surface area contributed by atoms with Gasteiger partial charge in [-0.2, -0.15) is 0 Å². The van der Waals surface area contributed by atoms with E-state index in [1.54, 1.807) is 36.4 Å². The lowest BCUT2D eigenvalue weighted by molar-refractivity contribution is -0.115. The van der Waals surface area contributed by atoms with Gasteiger partial charge in [0.1, 0.15) is 5.75 Å². The molecule has 3 aromatic rings. The van der Waals surface area contributed by atoms with Crippen molar-refractivity contribution in [2.24, 2.45) is 0 Å². The standard InChI is InChI=1S/C26H25N3O3S/c1-3-32-23-14-7-19(8-15-23)9-16-24(30)29-26(33)28-22-12-10-21(11-13-22)27-25(31)20-6-4-5-18(2)17-20/h4-17H,3H2,1-2H3,(H,27,31)(H2,28,29,30,33)/b16-9+. The van der Waals surface area contributed by atoms with Crippen LogP contribution in [0, 0.1) is 6.92 Å². The number of hydrogen-bond acceptors (Lipinski definition) is 4. The Morgan fingerprint density at radius 1 is 0.939 bits per heavy atom. The molecule has 0 saturated carbocycles. The molecular weight excluding hydrogens is 434 g/mol. The summed E-state index contributed by atoms with van der Waals surface area (Å²) in [4.78, 5) is 24.5. The number of thiocarbonyl (C=S) groups is 1. The van der Waals surface area contributed by atoms with Gasteiger partial charge in [-0.3, -0.25) is 14.9 Å². The van der Waals surface area contributed by atoms with Gasteiger partial charge in [0.15, 0.2) is 5.11 Å². The molecule has 0 unspecified atom stereocenters. The molecule has 168 valence electrons. The van der Waals surface area contributed by atoms with Gasteiger partial charge in [-0.05, 0) is 86.2 Å². The van der Waals surface area contributed by atoms with E-state index in [1.807, 2.05) is 56.3 Å². The number of rotatable bonds is 7. The van der Waals surface area contributed by atoms with Crippen LogP contribution in [0.5, 0.6) is 5.75 Å². The molecule has 33 heavy (non-hydrogen) atoms. The largest absolute Gasteiger partial charge is 0.494 e. The van der Waals surface area contributed by atoms with Gasteiger partial charge in [-0.1, -0.05) is 29.8 Å². The Hall–Kier alpha value is -3.97. The van der Waals surface area contributed by atoms with Gasteiger partial charge < -0.3 is 15.4 Å². The molecule has 0 aliphatic heterocycles. The minimum atomic E-state index is -0.344. The van der Waals surface area contributed by atoms with Crippen LogP contribution in [0.4, 0.5) is 11.4 Å². The molecule has 3 aromatic carbocycles. The molecule has 0 atom stereocenters. The summed E-state index contributed by atoms with van der Waals surface area (Å²) in [5.41, 5.74) is 3.83. The third kappa shape index (κ3) is 7.59. The van der Waals surface area contributed by atoms with Crippen molar-refractivity contribution in [1.82, 2.24) is 5.32 Å². The molecule has 0 bridgehead atoms. The number of aryl methyl sites for hydroxylation is 1. The highest BCUT2D eigenvalue weighted by molar-refractivity contribution is 7.80. The van der Waals surface area contributed by atoms with Gasteiger partial charge in [0.05, 0.1) is 6.61 Å². The van der Waals surface area contributed by atoms with Crippen LogP contribution in [0.1, 0.15) is 28.4 Å². The molecule has 3 rings (SSSR count). The highest BCUT2D eigenvalue weighted by atomic mass is 32.1. The van der Waals surface area contributed by atoms with Crippen LogP contribution in [-0.4, -0.2) is 23.5 Å². The maximum Gasteiger partial charge on any atom is 0.255 e. The molecule has 6 nitrogen and oxygen atoms in total. The number of benzene rings is 3. The first kappa shape index (κ1) is 23.7. The van der Waals surface area contributed by atoms with Crippen LogP contribution in [0.25, 0.3) is 6.08 Å². The normalized spacial score (nSPS) is 10.5. The number of hydrogen-bond donors (Lipinski definition) is 3. The van der Waals surface area contributed by atoms with E-state index in [-0.39, 0.29) is 16.9 Å². The Morgan fingerprint density at radius 2 is 1.61 bits per heavy atom. The summed E-state index contributed by atoms with van der Waals surface area (Å²) >= 11 is 5.20. The van der Waals surface area contributed by atoms with Crippen LogP contribution in [-0.2, 0) is 4.79 Å². The first-order valence-electron chi connectivity index (χ1n) is 10.4. The Labute approximate surface area is 198 Å². The van der Waals surface area contributed by atoms with Crippen molar-refractivity contribution in [2.75, 3.05) is 17.2 Å². The van der Waals surface area contributed by atoms with Gasteiger partial charge in [0, 0.05) is 23.0 Å². The maximum absolute atomic E-state index is 12.4. The molecule has 0 aliphatic rings. The Kier molecular flexibility index (Phi) is 8.32. The van der Waals surface area contributed by atoms with Crippen LogP contribution >= 0.6 is 12.2 Å². The lowest BCUT2D eigenvalue weighted by Gasteiger charge is -2.10. The second-order valence-electron chi connectivity index (χ2n) is 7.18. The summed E-state index contributed by atoms with van der Waals surface area (Å²) in [6, 6.07) is 21.9. The van der Waals surface area contributed by atoms with E-state index >= 15 is 0 Å². The smallest absolute Gasteiger partial charge is 0.255 e. The average Bonchev–Trinajstić information content (AvgIpc) is 2.80. The van der Waals surface area contributed by atoms with E-state index in [0.717, 1.165) is 16.9 Å². The molecule has 2 amide bonds. The summed E-state index contributed by atoms with van der Waals surface area (Å²) < 4.78 is 5.40. The molecule has 0 fully saturated rings. The van der Waals surface area contributed by atoms with E-state index in [2.05, 4.69) is 16.0 Å². The molecule has 0 saturated heterocycles. The summed E-state index contributed by atoms with van der Waals surface area (Å²) in [6.07, 6.45) is 3.10. The van der Waals surface area contributed by atoms with Crippen LogP contribution in [0.2, 0.25) is 0 Å². The first-order valence-corrected chi connectivity index (χ1v) is 10.8. The SMILES string of the molecule is CCOc1ccc(/C=C/C(=O)NC(=S)Nc2ccc(NC(=O)c3cccc(C)c3)cc2)cc1. The second-order valence-corrected chi connectivity index (χ2v) is 7.59. The van der Waals surface area contributed by atoms with E-state index in [9.17, 15) is 9.59 Å². The molecular formula is C26H25N3O3S. The van der Waals surface area contributed by atoms with Crippen molar-refractivity contribution in [3.05, 3.63) is 95.6 Å². The lowest BCUT2D eigenvalue weighted by Crippen LogP contribution is -2.32. The molecule has 0 spiro atoms. The monoisotopic (exact) mass is 459 g/mol. The van der Waals surface area contributed by atoms with E-state index in [4.69, 9.17) is 17.0 Å². The fourth-order valence-corrected chi connectivity index (χ4v) is 3.17. The highest BCUT2D eigenvalue weighted by Crippen LogP contribution is 2.16. The molecule has 0 aromatic heterocycles. The molecule has 7 heteroatoms. The number of ether oxygens (including phenoxy) is 1. The first-order chi connectivity index (χ1) is 15.9. The van der Waals surface area contributed by atoms with Crippen molar-refractivity contribution < 1.29 is 14.3 Å². The Balaban J connectivity index is 1.48. The minimum Gasteiger partial charge on any atom is -0.494 e. The average molecular weight is 460 g/mol. The van der Waals surface area contributed by atoms with Crippen molar-refractivity contribution in [3.63, 3.8) is 0 Å². The summed E-state index contributed by atoms with van der Waals surface area (Å²) in [5, 5.41) is 8.58. The molecule has 0 heterocycles. The fraction of sp³-hybridized carbons (Fsp3) is 0.115. The van der Waals surface area contributed by atoms with E-state index < -0.39 is 0 Å². The second kappa shape index (κ2) is 11.6. The number of carbonyl (C=O) groups is 2. The number of carbonyl (C=O) groups excluding carboxylic acids is 2. The summed E-state index contributed by atoms with van der Waals surface area (Å²) in [6.45, 7) is 4.47. The third-order valence-electron chi connectivity index (χ3n) is 4.54. The topological polar surface area (TPSA) is 79.5 Å². The number of anilines is 2. The molecule has 0 aliphatic carbocycles. The van der Waals surface area contributed by atoms with Crippen molar-refractivity contribution in [2.45, 2.75) is 13.8 Å². The zero-order chi connectivity index (χ0) is 23.6. The van der Waals surface area contributed by atoms with Gasteiger partial charge >= 0.3 is 0 Å². The highest BCUT2D eigenvalue weighted by Gasteiger charge is 2.07. The predicted molar refractivity (Wildman–Crippen MR) is 137 cm³/mol. The van der Waals surface area contributed by atoms with E-state index in [0.29, 0.717) is 23.5 Å². The van der Waals surface area contributed by atoms with Gasteiger partial charge in [-0.15, -0.1) is 0 Å². The zero-order valence-corrected chi connectivity index (χ0v) is 19.2. The van der Waals surface area contributed by atoms with Crippen LogP contribution in [0.15, 0.2) is 78.9 Å². The van der Waals surface area contributed by atoms with Crippen LogP contribution < -0.4 is 20.7 Å². The Morgan fingerprint density at radius 3 is 2.24 bits per heavy atom. The van der Waals surface area contributed by atoms with E-state index in [1.165, 1.54) is 6.08 Å². The zero-order valence-electron chi connectivity index (χ0n) is 18.4. The fourth-order valence-electron chi connectivity index (χ4n) is 2.96. The van der Waals surface area contributed by atoms with Crippen LogP contribution in [0.3, 0.4) is 0 Å². The molecule has 0 radical (unpaired) electrons. The molecule has 3 N–H and O–H groups in total. The Bertz CT molecular complexity index is 1160. The third-order valence-corrected chi connectivity index (χ3v) is 4.74. The minimum absolute atomic E-state index is 0.174. The maximum atomic E-state index is 12.4. The van der Waals surface area contributed by atoms with Crippen molar-refractivity contribution in [1.29, 1.82) is 0 Å². The quantitative estimate of drug-likeness (QED) is 0.335. The van der Waals surface area contributed by atoms with Crippen molar-refractivity contribution >= 4 is 46.6 Å². The van der Waals surface area contributed by atoms with Crippen molar-refractivity contribution in [3.8, 4) is 5.75 Å². The number of amides is 2. The summed E-state index contributed by atoms with van der Waals surface area (Å²) in [5.74, 6) is 0.259. The van der Waals surface area contributed by atoms with Gasteiger partial charge in [0.2, 0.25) is 5.91 Å². The predicted octanol–water partition coefficient (Wildman–Crippen LogP) is 5.17.